The quantitative estimate of drug-likeness (QED) is 0.921. The molecular weight excluding hydrogens is 274 g/mol. The van der Waals surface area contributed by atoms with Crippen LogP contribution in [0.2, 0.25) is 0 Å². The predicted octanol–water partition coefficient (Wildman–Crippen LogP) is 3.21. The summed E-state index contributed by atoms with van der Waals surface area (Å²) in [6, 6.07) is 9.86. The van der Waals surface area contributed by atoms with Crippen molar-refractivity contribution in [1.29, 1.82) is 0 Å². The minimum absolute atomic E-state index is 0.128. The van der Waals surface area contributed by atoms with Gasteiger partial charge in [0.1, 0.15) is 11.9 Å². The highest BCUT2D eigenvalue weighted by Crippen LogP contribution is 2.28. The van der Waals surface area contributed by atoms with Gasteiger partial charge < -0.3 is 9.88 Å². The summed E-state index contributed by atoms with van der Waals surface area (Å²) < 4.78 is 1.97. The SMILES string of the molecule is Cn1ccnc1[C@@H](NC(=O)CC1CCCC1)c1ccccc1. The number of carbonyl (C=O) groups is 1. The van der Waals surface area contributed by atoms with Crippen molar-refractivity contribution in [3.8, 4) is 0 Å². The van der Waals surface area contributed by atoms with E-state index in [0.29, 0.717) is 12.3 Å². The number of hydrogen-bond donors (Lipinski definition) is 1. The Bertz CT molecular complexity index is 614. The number of aryl methyl sites for hydroxylation is 1. The van der Waals surface area contributed by atoms with Crippen LogP contribution in [-0.2, 0) is 11.8 Å². The Balaban J connectivity index is 1.77. The first-order chi connectivity index (χ1) is 10.7. The number of carbonyl (C=O) groups excluding carboxylic acids is 1. The number of nitrogens with one attached hydrogen (secondary N) is 1. The molecule has 0 spiro atoms. The summed E-state index contributed by atoms with van der Waals surface area (Å²) in [5, 5.41) is 3.18. The fraction of sp³-hybridized carbons (Fsp3) is 0.444. The summed E-state index contributed by atoms with van der Waals surface area (Å²) in [5.41, 5.74) is 1.07. The number of benzene rings is 1. The van der Waals surface area contributed by atoms with Gasteiger partial charge in [-0.25, -0.2) is 4.98 Å². The summed E-state index contributed by atoms with van der Waals surface area (Å²) in [6.07, 6.45) is 9.22. The predicted molar refractivity (Wildman–Crippen MR) is 86.2 cm³/mol. The summed E-state index contributed by atoms with van der Waals surface area (Å²) in [4.78, 5) is 16.9. The van der Waals surface area contributed by atoms with Crippen LogP contribution in [0.5, 0.6) is 0 Å². The molecule has 1 aliphatic carbocycles. The van der Waals surface area contributed by atoms with Crippen LogP contribution >= 0.6 is 0 Å². The molecule has 1 N–H and O–H groups in total. The Morgan fingerprint density at radius 3 is 2.68 bits per heavy atom. The van der Waals surface area contributed by atoms with Crippen LogP contribution in [-0.4, -0.2) is 15.5 Å². The van der Waals surface area contributed by atoms with Crippen LogP contribution < -0.4 is 5.32 Å². The average Bonchev–Trinajstić information content (AvgIpc) is 3.17. The van der Waals surface area contributed by atoms with Crippen LogP contribution in [0, 0.1) is 5.92 Å². The third-order valence-corrected chi connectivity index (χ3v) is 4.50. The van der Waals surface area contributed by atoms with E-state index in [1.165, 1.54) is 25.7 Å². The van der Waals surface area contributed by atoms with Gasteiger partial charge >= 0.3 is 0 Å². The smallest absolute Gasteiger partial charge is 0.221 e. The van der Waals surface area contributed by atoms with Crippen molar-refractivity contribution in [2.24, 2.45) is 13.0 Å². The number of aromatic nitrogens is 2. The van der Waals surface area contributed by atoms with Crippen LogP contribution in [0.15, 0.2) is 42.7 Å². The molecule has 4 heteroatoms. The molecule has 1 saturated carbocycles. The number of nitrogens with zero attached hydrogens (tertiary/aromatic N) is 2. The first-order valence-electron chi connectivity index (χ1n) is 8.05. The van der Waals surface area contributed by atoms with Gasteiger partial charge in [-0.05, 0) is 24.3 Å². The van der Waals surface area contributed by atoms with Gasteiger partial charge in [0, 0.05) is 25.9 Å². The van der Waals surface area contributed by atoms with Crippen molar-refractivity contribution in [3.63, 3.8) is 0 Å². The molecule has 0 aliphatic heterocycles. The van der Waals surface area contributed by atoms with E-state index in [9.17, 15) is 4.79 Å². The molecule has 1 amide bonds. The molecule has 116 valence electrons. The van der Waals surface area contributed by atoms with Crippen LogP contribution in [0.4, 0.5) is 0 Å². The topological polar surface area (TPSA) is 46.9 Å². The van der Waals surface area contributed by atoms with E-state index < -0.39 is 0 Å². The second kappa shape index (κ2) is 6.77. The molecule has 0 radical (unpaired) electrons. The number of imidazole rings is 1. The van der Waals surface area contributed by atoms with Crippen molar-refractivity contribution >= 4 is 5.91 Å². The Hall–Kier alpha value is -2.10. The zero-order valence-electron chi connectivity index (χ0n) is 13.0. The molecule has 1 aromatic heterocycles. The highest BCUT2D eigenvalue weighted by Gasteiger charge is 2.23. The van der Waals surface area contributed by atoms with Crippen molar-refractivity contribution in [2.45, 2.75) is 38.1 Å². The van der Waals surface area contributed by atoms with E-state index in [4.69, 9.17) is 0 Å². The Kier molecular flexibility index (Phi) is 4.56. The molecule has 1 atom stereocenters. The van der Waals surface area contributed by atoms with Gasteiger partial charge in [-0.3, -0.25) is 4.79 Å². The van der Waals surface area contributed by atoms with Crippen molar-refractivity contribution in [2.75, 3.05) is 0 Å². The fourth-order valence-electron chi connectivity index (χ4n) is 3.29. The second-order valence-electron chi connectivity index (χ2n) is 6.16. The molecule has 2 aromatic rings. The highest BCUT2D eigenvalue weighted by molar-refractivity contribution is 5.77. The second-order valence-corrected chi connectivity index (χ2v) is 6.16. The highest BCUT2D eigenvalue weighted by atomic mass is 16.1. The number of rotatable bonds is 5. The van der Waals surface area contributed by atoms with Crippen LogP contribution in [0.3, 0.4) is 0 Å². The van der Waals surface area contributed by atoms with E-state index in [2.05, 4.69) is 10.3 Å². The molecule has 22 heavy (non-hydrogen) atoms. The Labute approximate surface area is 131 Å². The first-order valence-corrected chi connectivity index (χ1v) is 8.05. The molecule has 3 rings (SSSR count). The van der Waals surface area contributed by atoms with Crippen LogP contribution in [0.1, 0.15) is 49.5 Å². The standard InChI is InChI=1S/C18H23N3O/c1-21-12-11-19-18(21)17(15-9-3-2-4-10-15)20-16(22)13-14-7-5-6-8-14/h2-4,9-12,14,17H,5-8,13H2,1H3,(H,20,22)/t17-/m0/s1. The molecule has 4 nitrogen and oxygen atoms in total. The van der Waals surface area contributed by atoms with Gasteiger partial charge in [0.2, 0.25) is 5.91 Å². The van der Waals surface area contributed by atoms with Crippen molar-refractivity contribution in [3.05, 3.63) is 54.1 Å². The Morgan fingerprint density at radius 1 is 1.32 bits per heavy atom. The maximum atomic E-state index is 12.4. The largest absolute Gasteiger partial charge is 0.342 e. The lowest BCUT2D eigenvalue weighted by Crippen LogP contribution is -2.32. The molecule has 1 heterocycles. The minimum atomic E-state index is -0.185. The third-order valence-electron chi connectivity index (χ3n) is 4.50. The summed E-state index contributed by atoms with van der Waals surface area (Å²) in [6.45, 7) is 0. The minimum Gasteiger partial charge on any atom is -0.342 e. The fourth-order valence-corrected chi connectivity index (χ4v) is 3.29. The van der Waals surface area contributed by atoms with Crippen molar-refractivity contribution < 1.29 is 4.79 Å². The molecule has 0 bridgehead atoms. The zero-order chi connectivity index (χ0) is 15.4. The number of hydrogen-bond acceptors (Lipinski definition) is 2. The first kappa shape index (κ1) is 14.8. The van der Waals surface area contributed by atoms with Gasteiger partial charge in [-0.15, -0.1) is 0 Å². The van der Waals surface area contributed by atoms with Gasteiger partial charge in [0.05, 0.1) is 0 Å². The zero-order valence-corrected chi connectivity index (χ0v) is 13.0. The summed E-state index contributed by atoms with van der Waals surface area (Å²) >= 11 is 0. The van der Waals surface area contributed by atoms with E-state index in [0.717, 1.165) is 11.4 Å². The van der Waals surface area contributed by atoms with E-state index in [1.807, 2.05) is 48.1 Å². The van der Waals surface area contributed by atoms with E-state index in [-0.39, 0.29) is 11.9 Å². The normalized spacial score (nSPS) is 16.6. The van der Waals surface area contributed by atoms with Crippen LogP contribution in [0.25, 0.3) is 0 Å². The van der Waals surface area contributed by atoms with E-state index in [1.54, 1.807) is 6.20 Å². The lowest BCUT2D eigenvalue weighted by atomic mass is 10.0. The van der Waals surface area contributed by atoms with Gasteiger partial charge in [-0.1, -0.05) is 43.2 Å². The average molecular weight is 297 g/mol. The number of amides is 1. The van der Waals surface area contributed by atoms with Gasteiger partial charge in [0.25, 0.3) is 0 Å². The van der Waals surface area contributed by atoms with E-state index >= 15 is 0 Å². The molecule has 1 aliphatic rings. The molecule has 1 fully saturated rings. The molecule has 1 aromatic carbocycles. The maximum absolute atomic E-state index is 12.4. The molecular formula is C18H23N3O. The summed E-state index contributed by atoms with van der Waals surface area (Å²) in [7, 11) is 1.96. The molecule has 0 unspecified atom stereocenters. The third kappa shape index (κ3) is 3.38. The maximum Gasteiger partial charge on any atom is 0.221 e. The van der Waals surface area contributed by atoms with Gasteiger partial charge in [0.15, 0.2) is 0 Å². The monoisotopic (exact) mass is 297 g/mol. The Morgan fingerprint density at radius 2 is 2.05 bits per heavy atom. The summed E-state index contributed by atoms with van der Waals surface area (Å²) in [5.74, 6) is 1.55. The lowest BCUT2D eigenvalue weighted by molar-refractivity contribution is -0.122. The van der Waals surface area contributed by atoms with Crippen molar-refractivity contribution in [1.82, 2.24) is 14.9 Å². The molecule has 0 saturated heterocycles. The van der Waals surface area contributed by atoms with Gasteiger partial charge in [-0.2, -0.15) is 0 Å². The lowest BCUT2D eigenvalue weighted by Gasteiger charge is -2.20.